The Morgan fingerprint density at radius 2 is 0.929 bits per heavy atom. The van der Waals surface area contributed by atoms with Crippen LogP contribution in [-0.4, -0.2) is 60.2 Å². The molecule has 0 bridgehead atoms. The maximum absolute atomic E-state index is 12.9. The van der Waals surface area contributed by atoms with Gasteiger partial charge in [0.2, 0.25) is 5.91 Å². The van der Waals surface area contributed by atoms with Gasteiger partial charge in [-0.3, -0.25) is 28.8 Å². The molecule has 42 heavy (non-hydrogen) atoms. The minimum absolute atomic E-state index is 0.0197. The van der Waals surface area contributed by atoms with Gasteiger partial charge in [0.15, 0.2) is 0 Å². The van der Waals surface area contributed by atoms with Crippen molar-refractivity contribution in [2.75, 3.05) is 19.6 Å². The average molecular weight is 573 g/mol. The van der Waals surface area contributed by atoms with Crippen molar-refractivity contribution in [2.24, 2.45) is 0 Å². The predicted molar refractivity (Wildman–Crippen MR) is 153 cm³/mol. The first-order chi connectivity index (χ1) is 20.3. The van der Waals surface area contributed by atoms with Crippen LogP contribution in [0.1, 0.15) is 50.3 Å². The summed E-state index contributed by atoms with van der Waals surface area (Å²) in [6, 6.07) is 25.3. The summed E-state index contributed by atoms with van der Waals surface area (Å²) < 4.78 is 0. The average Bonchev–Trinajstić information content (AvgIpc) is 3.02. The normalized spacial score (nSPS) is 10.1. The van der Waals surface area contributed by atoms with E-state index in [2.05, 4.69) is 26.8 Å². The smallest absolute Gasteiger partial charge is 0.260 e. The molecule has 6 amide bonds. The van der Waals surface area contributed by atoms with Crippen molar-refractivity contribution in [3.63, 3.8) is 0 Å². The van der Waals surface area contributed by atoms with Crippen LogP contribution in [0.2, 0.25) is 0 Å². The van der Waals surface area contributed by atoms with Crippen LogP contribution in [0.25, 0.3) is 0 Å². The Balaban J connectivity index is 1.51. The third-order valence-electron chi connectivity index (χ3n) is 5.73. The van der Waals surface area contributed by atoms with Gasteiger partial charge in [0.1, 0.15) is 0 Å². The van der Waals surface area contributed by atoms with Crippen molar-refractivity contribution in [2.45, 2.75) is 19.3 Å². The largest absolute Gasteiger partial charge is 0.352 e. The number of amides is 6. The van der Waals surface area contributed by atoms with Gasteiger partial charge >= 0.3 is 0 Å². The lowest BCUT2D eigenvalue weighted by Gasteiger charge is -2.24. The van der Waals surface area contributed by atoms with E-state index in [0.29, 0.717) is 21.8 Å². The summed E-state index contributed by atoms with van der Waals surface area (Å²) in [5.41, 5.74) is 5.85. The van der Waals surface area contributed by atoms with Gasteiger partial charge < -0.3 is 16.0 Å². The molecule has 0 aromatic heterocycles. The van der Waals surface area contributed by atoms with E-state index in [1.54, 1.807) is 91.0 Å². The fourth-order valence-electron chi connectivity index (χ4n) is 3.58. The first-order valence-corrected chi connectivity index (χ1v) is 13.2. The zero-order chi connectivity index (χ0) is 30.2. The summed E-state index contributed by atoms with van der Waals surface area (Å²) in [6.45, 7) is -0.310. The monoisotopic (exact) mass is 572 g/mol. The van der Waals surface area contributed by atoms with Crippen molar-refractivity contribution in [1.29, 1.82) is 0 Å². The number of carbonyl (C=O) groups excluding carboxylic acids is 6. The maximum Gasteiger partial charge on any atom is 0.260 e. The van der Waals surface area contributed by atoms with Crippen LogP contribution in [0.5, 0.6) is 0 Å². The minimum Gasteiger partial charge on any atom is -0.352 e. The molecule has 0 radical (unpaired) electrons. The van der Waals surface area contributed by atoms with Crippen molar-refractivity contribution >= 4 is 35.4 Å². The SMILES string of the molecule is O=C(CCNC(=O)c1ccccc1)NN(NC(=O)CNC(=O)c1ccccc1)C(=O)CCCNC(=O)c1ccccc1. The number of rotatable bonds is 12. The first kappa shape index (κ1) is 31.0. The molecule has 0 heterocycles. The van der Waals surface area contributed by atoms with E-state index in [1.165, 1.54) is 0 Å². The molecule has 0 saturated heterocycles. The predicted octanol–water partition coefficient (Wildman–Crippen LogP) is 1.34. The highest BCUT2D eigenvalue weighted by atomic mass is 16.2. The third kappa shape index (κ3) is 10.6. The Labute approximate surface area is 242 Å². The Bertz CT molecular complexity index is 1370. The molecule has 0 aliphatic carbocycles. The van der Waals surface area contributed by atoms with E-state index in [-0.39, 0.29) is 44.2 Å². The van der Waals surface area contributed by atoms with Gasteiger partial charge in [-0.25, -0.2) is 10.9 Å². The van der Waals surface area contributed by atoms with Gasteiger partial charge in [-0.1, -0.05) is 54.6 Å². The molecule has 0 spiro atoms. The van der Waals surface area contributed by atoms with E-state index in [4.69, 9.17) is 0 Å². The number of hydrogen-bond acceptors (Lipinski definition) is 6. The first-order valence-electron chi connectivity index (χ1n) is 13.2. The van der Waals surface area contributed by atoms with Crippen molar-refractivity contribution < 1.29 is 28.8 Å². The van der Waals surface area contributed by atoms with Crippen LogP contribution in [0, 0.1) is 0 Å². The molecule has 0 atom stereocenters. The van der Waals surface area contributed by atoms with Gasteiger partial charge in [0.05, 0.1) is 6.54 Å². The lowest BCUT2D eigenvalue weighted by molar-refractivity contribution is -0.150. The standard InChI is InChI=1S/C30H32N6O6/c37-25(18-20-32-29(41)23-13-6-2-7-14-23)34-36(35-26(38)21-33-30(42)24-15-8-3-9-16-24)27(39)17-10-19-31-28(40)22-11-4-1-5-12-22/h1-9,11-16H,10,17-21H2,(H,31,40)(H,32,41)(H,33,42)(H,34,37)(H,35,38). The second kappa shape index (κ2) is 16.6. The maximum atomic E-state index is 12.9. The van der Waals surface area contributed by atoms with Crippen LogP contribution in [-0.2, 0) is 14.4 Å². The van der Waals surface area contributed by atoms with Crippen LogP contribution < -0.4 is 26.8 Å². The lowest BCUT2D eigenvalue weighted by atomic mass is 10.2. The molecule has 0 saturated carbocycles. The number of hydrogen-bond donors (Lipinski definition) is 5. The van der Waals surface area contributed by atoms with Gasteiger partial charge in [0.25, 0.3) is 29.5 Å². The molecule has 0 aliphatic rings. The number of nitrogens with one attached hydrogen (secondary N) is 5. The topological polar surface area (TPSA) is 166 Å². The van der Waals surface area contributed by atoms with Crippen molar-refractivity contribution in [1.82, 2.24) is 31.9 Å². The summed E-state index contributed by atoms with van der Waals surface area (Å²) in [7, 11) is 0. The number of nitrogens with zero attached hydrogens (tertiary/aromatic N) is 1. The molecule has 0 unspecified atom stereocenters. The van der Waals surface area contributed by atoms with E-state index < -0.39 is 30.2 Å². The molecule has 3 aromatic rings. The van der Waals surface area contributed by atoms with Gasteiger partial charge in [0, 0.05) is 42.6 Å². The molecule has 0 fully saturated rings. The highest BCUT2D eigenvalue weighted by molar-refractivity contribution is 5.97. The fourth-order valence-corrected chi connectivity index (χ4v) is 3.58. The molecular weight excluding hydrogens is 540 g/mol. The Kier molecular flexibility index (Phi) is 12.2. The molecular formula is C30H32N6O6. The van der Waals surface area contributed by atoms with Gasteiger partial charge in [-0.15, -0.1) is 0 Å². The second-order valence-electron chi connectivity index (χ2n) is 8.95. The molecule has 5 N–H and O–H groups in total. The molecule has 218 valence electrons. The van der Waals surface area contributed by atoms with E-state index >= 15 is 0 Å². The fraction of sp³-hybridized carbons (Fsp3) is 0.200. The summed E-state index contributed by atoms with van der Waals surface area (Å²) in [5.74, 6) is -3.22. The Morgan fingerprint density at radius 1 is 0.500 bits per heavy atom. The molecule has 12 heteroatoms. The van der Waals surface area contributed by atoms with E-state index in [1.807, 2.05) is 0 Å². The summed E-state index contributed by atoms with van der Waals surface area (Å²) in [5, 5.41) is 8.40. The summed E-state index contributed by atoms with van der Waals surface area (Å²) in [6.07, 6.45) is -0.0929. The Morgan fingerprint density at radius 3 is 1.43 bits per heavy atom. The highest BCUT2D eigenvalue weighted by Crippen LogP contribution is 2.01. The molecule has 3 aromatic carbocycles. The van der Waals surface area contributed by atoms with E-state index in [0.717, 1.165) is 0 Å². The van der Waals surface area contributed by atoms with Crippen LogP contribution in [0.4, 0.5) is 0 Å². The minimum atomic E-state index is -0.761. The molecule has 12 nitrogen and oxygen atoms in total. The zero-order valence-electron chi connectivity index (χ0n) is 22.8. The molecule has 0 aliphatic heterocycles. The van der Waals surface area contributed by atoms with Crippen LogP contribution in [0.15, 0.2) is 91.0 Å². The summed E-state index contributed by atoms with van der Waals surface area (Å²) >= 11 is 0. The number of hydrazine groups is 2. The number of carbonyl (C=O) groups is 6. The van der Waals surface area contributed by atoms with Crippen molar-refractivity contribution in [3.8, 4) is 0 Å². The zero-order valence-corrected chi connectivity index (χ0v) is 22.8. The van der Waals surface area contributed by atoms with Gasteiger partial charge in [-0.05, 0) is 42.8 Å². The third-order valence-corrected chi connectivity index (χ3v) is 5.73. The Hall–Kier alpha value is -5.52. The molecule has 3 rings (SSSR count). The second-order valence-corrected chi connectivity index (χ2v) is 8.95. The van der Waals surface area contributed by atoms with Crippen LogP contribution in [0.3, 0.4) is 0 Å². The quantitative estimate of drug-likeness (QED) is 0.162. The number of benzene rings is 3. The summed E-state index contributed by atoms with van der Waals surface area (Å²) in [4.78, 5) is 74.6. The lowest BCUT2D eigenvalue weighted by Crippen LogP contribution is -2.57. The van der Waals surface area contributed by atoms with Crippen molar-refractivity contribution in [3.05, 3.63) is 108 Å². The van der Waals surface area contributed by atoms with Gasteiger partial charge in [-0.2, -0.15) is 5.12 Å². The highest BCUT2D eigenvalue weighted by Gasteiger charge is 2.20. The van der Waals surface area contributed by atoms with Crippen LogP contribution >= 0.6 is 0 Å². The van der Waals surface area contributed by atoms with E-state index in [9.17, 15) is 28.8 Å².